The summed E-state index contributed by atoms with van der Waals surface area (Å²) >= 11 is 0. The Hall–Kier alpha value is -1.32. The summed E-state index contributed by atoms with van der Waals surface area (Å²) in [6.07, 6.45) is 7.19. The van der Waals surface area contributed by atoms with Crippen LogP contribution in [0.1, 0.15) is 50.2 Å². The molecule has 0 radical (unpaired) electrons. The molecule has 1 aliphatic heterocycles. The van der Waals surface area contributed by atoms with Crippen LogP contribution in [-0.4, -0.2) is 36.6 Å². The molecule has 3 heteroatoms. The van der Waals surface area contributed by atoms with Gasteiger partial charge >= 0.3 is 0 Å². The number of allylic oxidation sites excluding steroid dienone is 1. The van der Waals surface area contributed by atoms with Gasteiger partial charge in [0.2, 0.25) is 0 Å². The highest BCUT2D eigenvalue weighted by Crippen LogP contribution is 2.60. The van der Waals surface area contributed by atoms with E-state index in [1.54, 1.807) is 0 Å². The number of hydrogen-bond donors (Lipinski definition) is 2. The van der Waals surface area contributed by atoms with Crippen molar-refractivity contribution >= 4 is 0 Å². The van der Waals surface area contributed by atoms with Gasteiger partial charge < -0.3 is 16.0 Å². The summed E-state index contributed by atoms with van der Waals surface area (Å²) < 4.78 is 0. The van der Waals surface area contributed by atoms with Crippen LogP contribution >= 0.6 is 0 Å². The molecule has 1 aromatic carbocycles. The quantitative estimate of drug-likeness (QED) is 0.865. The van der Waals surface area contributed by atoms with Crippen molar-refractivity contribution in [3.05, 3.63) is 47.7 Å². The minimum atomic E-state index is 0.0287. The van der Waals surface area contributed by atoms with Crippen LogP contribution in [0.2, 0.25) is 0 Å². The summed E-state index contributed by atoms with van der Waals surface area (Å²) in [6, 6.07) is 9.46. The number of hydrogen-bond acceptors (Lipinski definition) is 3. The van der Waals surface area contributed by atoms with Crippen LogP contribution in [0, 0.1) is 5.92 Å². The number of fused-ring (bicyclic) bond motifs is 1. The fourth-order valence-electron chi connectivity index (χ4n) is 5.50. The van der Waals surface area contributed by atoms with Gasteiger partial charge in [-0.3, -0.25) is 0 Å². The number of nitrogens with zero attached hydrogens (tertiary/aromatic N) is 1. The highest BCUT2D eigenvalue weighted by Gasteiger charge is 2.56. The minimum Gasteiger partial charge on any atom is -0.373 e. The SMILES string of the molecule is C=C(CCc1ccc(C23CCC2CC(C)(N)C3)cc1)N1CCNCC1. The second-order valence-electron chi connectivity index (χ2n) is 8.93. The standard InChI is InChI=1S/C22H33N3/c1-17(25-13-11-24-12-14-25)3-4-18-5-7-19(8-6-18)22-10-9-20(22)15-21(2,23)16-22/h5-8,20,24H,1,3-4,9-16,23H2,2H3. The molecule has 4 rings (SSSR count). The van der Waals surface area contributed by atoms with Gasteiger partial charge in [0.1, 0.15) is 0 Å². The Morgan fingerprint density at radius 3 is 2.60 bits per heavy atom. The Bertz CT molecular complexity index is 627. The predicted octanol–water partition coefficient (Wildman–Crippen LogP) is 3.20. The predicted molar refractivity (Wildman–Crippen MR) is 105 cm³/mol. The van der Waals surface area contributed by atoms with E-state index in [2.05, 4.69) is 48.0 Å². The molecule has 1 heterocycles. The molecule has 3 unspecified atom stereocenters. The average molecular weight is 340 g/mol. The van der Waals surface area contributed by atoms with Crippen molar-refractivity contribution in [2.45, 2.75) is 56.4 Å². The molecule has 3 atom stereocenters. The largest absolute Gasteiger partial charge is 0.373 e. The van der Waals surface area contributed by atoms with Crippen LogP contribution in [-0.2, 0) is 11.8 Å². The first kappa shape index (κ1) is 17.1. The van der Waals surface area contributed by atoms with E-state index in [4.69, 9.17) is 5.73 Å². The summed E-state index contributed by atoms with van der Waals surface area (Å²) in [5.41, 5.74) is 11.1. The van der Waals surface area contributed by atoms with Gasteiger partial charge in [-0.25, -0.2) is 0 Å². The van der Waals surface area contributed by atoms with Crippen molar-refractivity contribution in [3.8, 4) is 0 Å². The second kappa shape index (κ2) is 6.44. The third-order valence-corrected chi connectivity index (χ3v) is 6.95. The van der Waals surface area contributed by atoms with E-state index < -0.39 is 0 Å². The van der Waals surface area contributed by atoms with Crippen molar-refractivity contribution < 1.29 is 0 Å². The maximum absolute atomic E-state index is 6.48. The van der Waals surface area contributed by atoms with E-state index in [1.165, 1.54) is 36.1 Å². The zero-order chi connectivity index (χ0) is 17.5. The molecule has 2 aliphatic carbocycles. The summed E-state index contributed by atoms with van der Waals surface area (Å²) in [7, 11) is 0. The highest BCUT2D eigenvalue weighted by molar-refractivity contribution is 5.36. The van der Waals surface area contributed by atoms with Crippen molar-refractivity contribution in [2.24, 2.45) is 11.7 Å². The molecule has 25 heavy (non-hydrogen) atoms. The van der Waals surface area contributed by atoms with Crippen LogP contribution in [0.25, 0.3) is 0 Å². The number of nitrogens with two attached hydrogens (primary N) is 1. The van der Waals surface area contributed by atoms with E-state index in [9.17, 15) is 0 Å². The normalized spacial score (nSPS) is 34.5. The van der Waals surface area contributed by atoms with Crippen LogP contribution in [0.15, 0.2) is 36.5 Å². The molecule has 0 aromatic heterocycles. The number of rotatable bonds is 5. The first-order valence-electron chi connectivity index (χ1n) is 10.0. The minimum absolute atomic E-state index is 0.0287. The Morgan fingerprint density at radius 2 is 2.00 bits per heavy atom. The number of benzene rings is 1. The van der Waals surface area contributed by atoms with Gasteiger partial charge in [0.05, 0.1) is 0 Å². The van der Waals surface area contributed by atoms with Crippen LogP contribution in [0.3, 0.4) is 0 Å². The number of nitrogens with one attached hydrogen (secondary N) is 1. The molecular weight excluding hydrogens is 306 g/mol. The molecule has 1 saturated heterocycles. The Labute approximate surface area is 152 Å². The lowest BCUT2D eigenvalue weighted by molar-refractivity contribution is 0.159. The van der Waals surface area contributed by atoms with E-state index in [0.29, 0.717) is 5.41 Å². The summed E-state index contributed by atoms with van der Waals surface area (Å²) in [5.74, 6) is 0.806. The Balaban J connectivity index is 1.37. The lowest BCUT2D eigenvalue weighted by Crippen LogP contribution is -2.42. The third-order valence-electron chi connectivity index (χ3n) is 6.95. The third kappa shape index (κ3) is 3.24. The topological polar surface area (TPSA) is 41.3 Å². The van der Waals surface area contributed by atoms with Crippen LogP contribution < -0.4 is 11.1 Å². The zero-order valence-electron chi connectivity index (χ0n) is 15.7. The maximum Gasteiger partial charge on any atom is 0.0300 e. The fourth-order valence-corrected chi connectivity index (χ4v) is 5.50. The highest BCUT2D eigenvalue weighted by atomic mass is 15.2. The van der Waals surface area contributed by atoms with Gasteiger partial charge in [0.25, 0.3) is 0 Å². The summed E-state index contributed by atoms with van der Waals surface area (Å²) in [6.45, 7) is 10.9. The van der Waals surface area contributed by atoms with Crippen molar-refractivity contribution in [1.29, 1.82) is 0 Å². The molecule has 0 amide bonds. The monoisotopic (exact) mass is 339 g/mol. The van der Waals surface area contributed by atoms with E-state index in [1.807, 2.05) is 0 Å². The van der Waals surface area contributed by atoms with Gasteiger partial charge in [-0.05, 0) is 67.9 Å². The molecule has 1 aromatic rings. The number of piperazine rings is 1. The second-order valence-corrected chi connectivity index (χ2v) is 8.93. The van der Waals surface area contributed by atoms with E-state index >= 15 is 0 Å². The van der Waals surface area contributed by atoms with Gasteiger partial charge in [-0.1, -0.05) is 30.8 Å². The van der Waals surface area contributed by atoms with E-state index in [0.717, 1.165) is 51.4 Å². The van der Waals surface area contributed by atoms with Crippen molar-refractivity contribution in [1.82, 2.24) is 10.2 Å². The van der Waals surface area contributed by atoms with Crippen LogP contribution in [0.5, 0.6) is 0 Å². The lowest BCUT2D eigenvalue weighted by atomic mass is 9.58. The fraction of sp³-hybridized carbons (Fsp3) is 0.636. The Morgan fingerprint density at radius 1 is 1.28 bits per heavy atom. The molecule has 3 N–H and O–H groups in total. The average Bonchev–Trinajstić information content (AvgIpc) is 2.81. The lowest BCUT2D eigenvalue weighted by Gasteiger charge is -2.46. The first-order valence-corrected chi connectivity index (χ1v) is 10.0. The molecule has 2 saturated carbocycles. The van der Waals surface area contributed by atoms with Gasteiger partial charge in [-0.15, -0.1) is 0 Å². The molecule has 3 fully saturated rings. The zero-order valence-corrected chi connectivity index (χ0v) is 15.7. The molecular formula is C22H33N3. The molecule has 3 aliphatic rings. The van der Waals surface area contributed by atoms with Crippen LogP contribution in [0.4, 0.5) is 0 Å². The smallest absolute Gasteiger partial charge is 0.0300 e. The van der Waals surface area contributed by atoms with Gasteiger partial charge in [0.15, 0.2) is 0 Å². The van der Waals surface area contributed by atoms with E-state index in [-0.39, 0.29) is 5.54 Å². The van der Waals surface area contributed by atoms with Gasteiger partial charge in [-0.2, -0.15) is 0 Å². The first-order chi connectivity index (χ1) is 12.0. The van der Waals surface area contributed by atoms with Crippen molar-refractivity contribution in [2.75, 3.05) is 26.2 Å². The maximum atomic E-state index is 6.48. The summed E-state index contributed by atoms with van der Waals surface area (Å²) in [4.78, 5) is 2.43. The summed E-state index contributed by atoms with van der Waals surface area (Å²) in [5, 5.41) is 3.40. The van der Waals surface area contributed by atoms with Gasteiger partial charge in [0, 0.05) is 37.4 Å². The molecule has 0 bridgehead atoms. The number of aryl methyl sites for hydroxylation is 1. The molecule has 0 spiro atoms. The molecule has 136 valence electrons. The molecule has 3 nitrogen and oxygen atoms in total. The Kier molecular flexibility index (Phi) is 4.41. The van der Waals surface area contributed by atoms with Crippen molar-refractivity contribution in [3.63, 3.8) is 0 Å².